The molecule has 0 bridgehead atoms. The Bertz CT molecular complexity index is 369. The Morgan fingerprint density at radius 3 is 2.47 bits per heavy atom. The lowest BCUT2D eigenvalue weighted by Crippen LogP contribution is -2.38. The van der Waals surface area contributed by atoms with Gasteiger partial charge in [-0.25, -0.2) is 0 Å². The van der Waals surface area contributed by atoms with E-state index in [0.29, 0.717) is 19.6 Å². The van der Waals surface area contributed by atoms with E-state index in [-0.39, 0.29) is 12.8 Å². The molecule has 0 aliphatic carbocycles. The van der Waals surface area contributed by atoms with Crippen LogP contribution in [-0.2, 0) is 6.54 Å². The number of rotatable bonds is 2. The van der Waals surface area contributed by atoms with Crippen LogP contribution < -0.4 is 0 Å². The molecular weight excluding hydrogens is 299 g/mol. The minimum atomic E-state index is -4.04. The molecule has 0 unspecified atom stereocenters. The molecule has 1 saturated heterocycles. The largest absolute Gasteiger partial charge is 0.467 e. The lowest BCUT2D eigenvalue weighted by atomic mass is 9.96. The highest BCUT2D eigenvalue weighted by Crippen LogP contribution is 2.34. The second-order valence-electron chi connectivity index (χ2n) is 4.32. The fourth-order valence-corrected chi connectivity index (χ4v) is 2.42. The lowest BCUT2D eigenvalue weighted by Gasteiger charge is -2.32. The van der Waals surface area contributed by atoms with Crippen molar-refractivity contribution in [1.82, 2.24) is 4.90 Å². The van der Waals surface area contributed by atoms with E-state index in [0.717, 1.165) is 10.2 Å². The van der Waals surface area contributed by atoms with Crippen molar-refractivity contribution in [2.75, 3.05) is 13.1 Å². The maximum atomic E-state index is 12.5. The zero-order valence-corrected chi connectivity index (χ0v) is 10.7. The first-order valence-electron chi connectivity index (χ1n) is 5.47. The third-order valence-electron chi connectivity index (χ3n) is 3.05. The van der Waals surface area contributed by atoms with Crippen molar-refractivity contribution in [1.29, 1.82) is 0 Å². The van der Waals surface area contributed by atoms with Crippen molar-refractivity contribution in [2.45, 2.75) is 25.6 Å². The quantitative estimate of drug-likeness (QED) is 0.825. The molecule has 1 aliphatic heterocycles. The first-order valence-corrected chi connectivity index (χ1v) is 6.26. The molecule has 96 valence electrons. The predicted molar refractivity (Wildman–Crippen MR) is 60.5 cm³/mol. The Morgan fingerprint density at radius 2 is 2.00 bits per heavy atom. The molecule has 0 radical (unpaired) electrons. The Morgan fingerprint density at radius 1 is 1.35 bits per heavy atom. The highest BCUT2D eigenvalue weighted by molar-refractivity contribution is 9.10. The average Bonchev–Trinajstić information content (AvgIpc) is 2.63. The molecule has 2 heterocycles. The van der Waals surface area contributed by atoms with E-state index in [4.69, 9.17) is 4.42 Å². The van der Waals surface area contributed by atoms with E-state index in [1.54, 1.807) is 6.26 Å². The van der Waals surface area contributed by atoms with Gasteiger partial charge in [0.25, 0.3) is 0 Å². The summed E-state index contributed by atoms with van der Waals surface area (Å²) < 4.78 is 43.5. The van der Waals surface area contributed by atoms with Crippen molar-refractivity contribution in [2.24, 2.45) is 5.92 Å². The SMILES string of the molecule is FC(F)(F)C1CCN(Cc2cc(Br)co2)CC1. The van der Waals surface area contributed by atoms with Crippen molar-refractivity contribution in [3.8, 4) is 0 Å². The van der Waals surface area contributed by atoms with Gasteiger partial charge in [-0.05, 0) is 47.9 Å². The van der Waals surface area contributed by atoms with Gasteiger partial charge in [0.1, 0.15) is 12.0 Å². The first-order chi connectivity index (χ1) is 7.95. The Hall–Kier alpha value is -0.490. The van der Waals surface area contributed by atoms with Gasteiger partial charge in [0.2, 0.25) is 0 Å². The van der Waals surface area contributed by atoms with E-state index in [2.05, 4.69) is 15.9 Å². The summed E-state index contributed by atoms with van der Waals surface area (Å²) in [5, 5.41) is 0. The maximum Gasteiger partial charge on any atom is 0.391 e. The number of alkyl halides is 3. The molecule has 1 fully saturated rings. The highest BCUT2D eigenvalue weighted by Gasteiger charge is 2.40. The monoisotopic (exact) mass is 311 g/mol. The molecule has 0 spiro atoms. The predicted octanol–water partition coefficient (Wildman–Crippen LogP) is 3.82. The molecule has 0 atom stereocenters. The topological polar surface area (TPSA) is 16.4 Å². The van der Waals surface area contributed by atoms with Gasteiger partial charge in [-0.3, -0.25) is 4.90 Å². The molecule has 2 nitrogen and oxygen atoms in total. The molecule has 0 aromatic carbocycles. The highest BCUT2D eigenvalue weighted by atomic mass is 79.9. The van der Waals surface area contributed by atoms with Crippen LogP contribution in [0, 0.1) is 5.92 Å². The summed E-state index contributed by atoms with van der Waals surface area (Å²) in [5.74, 6) is -0.357. The van der Waals surface area contributed by atoms with Crippen LogP contribution in [0.15, 0.2) is 21.2 Å². The van der Waals surface area contributed by atoms with Gasteiger partial charge in [-0.15, -0.1) is 0 Å². The summed E-state index contributed by atoms with van der Waals surface area (Å²) in [5.41, 5.74) is 0. The third kappa shape index (κ3) is 3.48. The Kier molecular flexibility index (Phi) is 3.82. The third-order valence-corrected chi connectivity index (χ3v) is 3.47. The van der Waals surface area contributed by atoms with Crippen molar-refractivity contribution >= 4 is 15.9 Å². The number of piperidine rings is 1. The first kappa shape index (κ1) is 13.0. The van der Waals surface area contributed by atoms with Crippen LogP contribution >= 0.6 is 15.9 Å². The smallest absolute Gasteiger partial charge is 0.391 e. The second kappa shape index (κ2) is 5.02. The van der Waals surface area contributed by atoms with Crippen LogP contribution in [0.1, 0.15) is 18.6 Å². The van der Waals surface area contributed by atoms with Crippen LogP contribution in [0.25, 0.3) is 0 Å². The summed E-state index contributed by atoms with van der Waals surface area (Å²) in [7, 11) is 0. The second-order valence-corrected chi connectivity index (χ2v) is 5.24. The van der Waals surface area contributed by atoms with Gasteiger partial charge in [0.05, 0.1) is 16.9 Å². The molecule has 0 saturated carbocycles. The molecule has 0 N–H and O–H groups in total. The standard InChI is InChI=1S/C11H13BrF3NO/c12-9-5-10(17-7-9)6-16-3-1-8(2-4-16)11(13,14)15/h5,7-8H,1-4,6H2. The number of likely N-dealkylation sites (tertiary alicyclic amines) is 1. The van der Waals surface area contributed by atoms with Gasteiger partial charge in [-0.1, -0.05) is 0 Å². The number of halogens is 4. The minimum Gasteiger partial charge on any atom is -0.467 e. The van der Waals surface area contributed by atoms with Crippen LogP contribution in [-0.4, -0.2) is 24.2 Å². The van der Waals surface area contributed by atoms with E-state index >= 15 is 0 Å². The summed E-state index contributed by atoms with van der Waals surface area (Å²) in [6, 6.07) is 1.84. The van der Waals surface area contributed by atoms with E-state index in [1.807, 2.05) is 11.0 Å². The summed E-state index contributed by atoms with van der Waals surface area (Å²) in [4.78, 5) is 1.99. The van der Waals surface area contributed by atoms with Crippen LogP contribution in [0.4, 0.5) is 13.2 Å². The zero-order chi connectivity index (χ0) is 12.5. The lowest BCUT2D eigenvalue weighted by molar-refractivity contribution is -0.185. The molecule has 1 aromatic rings. The molecule has 1 aromatic heterocycles. The fourth-order valence-electron chi connectivity index (χ4n) is 2.08. The summed E-state index contributed by atoms with van der Waals surface area (Å²) in [6.07, 6.45) is -2.09. The molecule has 1 aliphatic rings. The minimum absolute atomic E-state index is 0.186. The molecule has 0 amide bonds. The fraction of sp³-hybridized carbons (Fsp3) is 0.636. The maximum absolute atomic E-state index is 12.5. The number of hydrogen-bond acceptors (Lipinski definition) is 2. The average molecular weight is 312 g/mol. The van der Waals surface area contributed by atoms with Crippen LogP contribution in [0.2, 0.25) is 0 Å². The van der Waals surface area contributed by atoms with E-state index < -0.39 is 12.1 Å². The normalized spacial score (nSPS) is 19.8. The van der Waals surface area contributed by atoms with E-state index in [1.165, 1.54) is 0 Å². The molecule has 17 heavy (non-hydrogen) atoms. The number of nitrogens with zero attached hydrogens (tertiary/aromatic N) is 1. The van der Waals surface area contributed by atoms with Gasteiger partial charge in [0.15, 0.2) is 0 Å². The zero-order valence-electron chi connectivity index (χ0n) is 9.13. The molecule has 2 rings (SSSR count). The number of furan rings is 1. The van der Waals surface area contributed by atoms with Gasteiger partial charge in [0, 0.05) is 0 Å². The molecule has 6 heteroatoms. The van der Waals surface area contributed by atoms with Crippen LogP contribution in [0.5, 0.6) is 0 Å². The van der Waals surface area contributed by atoms with Gasteiger partial charge >= 0.3 is 6.18 Å². The van der Waals surface area contributed by atoms with Crippen molar-refractivity contribution in [3.63, 3.8) is 0 Å². The summed E-state index contributed by atoms with van der Waals surface area (Å²) in [6.45, 7) is 1.53. The van der Waals surface area contributed by atoms with E-state index in [9.17, 15) is 13.2 Å². The summed E-state index contributed by atoms with van der Waals surface area (Å²) >= 11 is 3.27. The van der Waals surface area contributed by atoms with Gasteiger partial charge in [-0.2, -0.15) is 13.2 Å². The van der Waals surface area contributed by atoms with Crippen molar-refractivity contribution in [3.05, 3.63) is 22.6 Å². The molecular formula is C11H13BrF3NO. The van der Waals surface area contributed by atoms with Crippen LogP contribution in [0.3, 0.4) is 0 Å². The van der Waals surface area contributed by atoms with Crippen molar-refractivity contribution < 1.29 is 17.6 Å². The Balaban J connectivity index is 1.83. The van der Waals surface area contributed by atoms with Gasteiger partial charge < -0.3 is 4.42 Å². The Labute approximate surface area is 106 Å². The number of hydrogen-bond donors (Lipinski definition) is 0.